The lowest BCUT2D eigenvalue weighted by Gasteiger charge is -2.23. The number of methoxy groups -OCH3 is 2. The highest BCUT2D eigenvalue weighted by molar-refractivity contribution is 5.94. The predicted molar refractivity (Wildman–Crippen MR) is 117 cm³/mol. The molecule has 0 unspecified atom stereocenters. The van der Waals surface area contributed by atoms with E-state index < -0.39 is 0 Å². The van der Waals surface area contributed by atoms with E-state index in [1.807, 2.05) is 26.0 Å². The lowest BCUT2D eigenvalue weighted by molar-refractivity contribution is 0.101. The summed E-state index contributed by atoms with van der Waals surface area (Å²) >= 11 is 0. The average molecular weight is 420 g/mol. The van der Waals surface area contributed by atoms with Crippen molar-refractivity contribution in [2.24, 2.45) is 0 Å². The van der Waals surface area contributed by atoms with Crippen LogP contribution in [0.4, 0.5) is 0 Å². The zero-order chi connectivity index (χ0) is 22.3. The number of ketones is 1. The molecular formula is C24H24N2O5. The molecule has 0 fully saturated rings. The summed E-state index contributed by atoms with van der Waals surface area (Å²) in [4.78, 5) is 28.6. The number of carbonyl (C=O) groups excluding carboxylic acids is 1. The third-order valence-corrected chi connectivity index (χ3v) is 5.55. The van der Waals surface area contributed by atoms with Crippen molar-refractivity contribution in [1.29, 1.82) is 0 Å². The van der Waals surface area contributed by atoms with E-state index >= 15 is 0 Å². The third kappa shape index (κ3) is 3.67. The highest BCUT2D eigenvalue weighted by Crippen LogP contribution is 2.39. The molecule has 3 aromatic rings. The second kappa shape index (κ2) is 7.91. The summed E-state index contributed by atoms with van der Waals surface area (Å²) in [6, 6.07) is 9.15. The van der Waals surface area contributed by atoms with Gasteiger partial charge in [0.25, 0.3) is 0 Å². The minimum Gasteiger partial charge on any atom is -0.493 e. The molecule has 0 N–H and O–H groups in total. The van der Waals surface area contributed by atoms with Gasteiger partial charge in [-0.2, -0.15) is 4.98 Å². The molecular weight excluding hydrogens is 396 g/mol. The van der Waals surface area contributed by atoms with E-state index in [0.717, 1.165) is 22.3 Å². The molecule has 1 aromatic heterocycles. The maximum atomic E-state index is 12.7. The Morgan fingerprint density at radius 2 is 1.65 bits per heavy atom. The van der Waals surface area contributed by atoms with Crippen molar-refractivity contribution in [1.82, 2.24) is 9.55 Å². The minimum absolute atomic E-state index is 0.0103. The molecule has 0 spiro atoms. The Balaban J connectivity index is 1.81. The number of aromatic nitrogens is 2. The molecule has 4 rings (SSSR count). The van der Waals surface area contributed by atoms with Crippen molar-refractivity contribution in [3.05, 3.63) is 63.1 Å². The number of hydrogen-bond acceptors (Lipinski definition) is 6. The standard InChI is InChI=1S/C24H24N2O5/c1-13-8-17(15(3)27)9-14(2)23(13)31-22-12-19-18-11-21(30-5)20(29-4)10-16(18)6-7-26(19)24(28)25-22/h8-12H,6-7H2,1-5H3. The molecule has 0 bridgehead atoms. The quantitative estimate of drug-likeness (QED) is 0.579. The van der Waals surface area contributed by atoms with Crippen LogP contribution in [0.2, 0.25) is 0 Å². The van der Waals surface area contributed by atoms with E-state index in [0.29, 0.717) is 41.5 Å². The smallest absolute Gasteiger partial charge is 0.351 e. The van der Waals surface area contributed by atoms with Crippen LogP contribution in [0.1, 0.15) is 34.0 Å². The predicted octanol–water partition coefficient (Wildman–Crippen LogP) is 4.10. The molecule has 0 atom stereocenters. The second-order valence-corrected chi connectivity index (χ2v) is 7.63. The molecule has 31 heavy (non-hydrogen) atoms. The third-order valence-electron chi connectivity index (χ3n) is 5.55. The zero-order valence-corrected chi connectivity index (χ0v) is 18.2. The molecule has 0 saturated heterocycles. The molecule has 0 aliphatic carbocycles. The number of benzene rings is 2. The lowest BCUT2D eigenvalue weighted by Crippen LogP contribution is -2.28. The van der Waals surface area contributed by atoms with Crippen LogP contribution < -0.4 is 19.9 Å². The Labute approximate surface area is 180 Å². The van der Waals surface area contributed by atoms with Crippen LogP contribution >= 0.6 is 0 Å². The normalized spacial score (nSPS) is 12.0. The van der Waals surface area contributed by atoms with Crippen molar-refractivity contribution in [3.63, 3.8) is 0 Å². The first-order valence-corrected chi connectivity index (χ1v) is 9.99. The molecule has 160 valence electrons. The maximum Gasteiger partial charge on any atom is 0.351 e. The van der Waals surface area contributed by atoms with Gasteiger partial charge in [-0.25, -0.2) is 4.79 Å². The van der Waals surface area contributed by atoms with Gasteiger partial charge in [-0.3, -0.25) is 9.36 Å². The SMILES string of the molecule is COc1cc2c(cc1OC)-c1cc(Oc3c(C)cc(C(C)=O)cc3C)nc(=O)n1CC2. The summed E-state index contributed by atoms with van der Waals surface area (Å²) in [7, 11) is 3.18. The minimum atomic E-state index is -0.372. The van der Waals surface area contributed by atoms with Crippen molar-refractivity contribution in [3.8, 4) is 34.4 Å². The lowest BCUT2D eigenvalue weighted by atomic mass is 9.97. The zero-order valence-electron chi connectivity index (χ0n) is 18.2. The molecule has 0 amide bonds. The summed E-state index contributed by atoms with van der Waals surface area (Å²) in [5.74, 6) is 2.03. The molecule has 7 heteroatoms. The Hall–Kier alpha value is -3.61. The Bertz CT molecular complexity index is 1240. The summed E-state index contributed by atoms with van der Waals surface area (Å²) in [6.07, 6.45) is 0.690. The largest absolute Gasteiger partial charge is 0.493 e. The number of aryl methyl sites for hydroxylation is 3. The molecule has 1 aliphatic rings. The number of hydrogen-bond donors (Lipinski definition) is 0. The van der Waals surface area contributed by atoms with E-state index in [-0.39, 0.29) is 17.4 Å². The molecule has 2 aromatic carbocycles. The van der Waals surface area contributed by atoms with E-state index in [1.165, 1.54) is 6.92 Å². The summed E-state index contributed by atoms with van der Waals surface area (Å²) in [6.45, 7) is 5.79. The Morgan fingerprint density at radius 3 is 2.26 bits per heavy atom. The fourth-order valence-corrected chi connectivity index (χ4v) is 3.99. The van der Waals surface area contributed by atoms with Gasteiger partial charge in [0.2, 0.25) is 5.88 Å². The van der Waals surface area contributed by atoms with Crippen LogP contribution in [0.25, 0.3) is 11.3 Å². The fraction of sp³-hybridized carbons (Fsp3) is 0.292. The number of nitrogens with zero attached hydrogens (tertiary/aromatic N) is 2. The monoisotopic (exact) mass is 420 g/mol. The van der Waals surface area contributed by atoms with Crippen molar-refractivity contribution in [2.75, 3.05) is 14.2 Å². The van der Waals surface area contributed by atoms with Gasteiger partial charge in [0, 0.05) is 23.7 Å². The van der Waals surface area contributed by atoms with Crippen LogP contribution in [-0.4, -0.2) is 29.6 Å². The van der Waals surface area contributed by atoms with E-state index in [9.17, 15) is 9.59 Å². The van der Waals surface area contributed by atoms with Crippen LogP contribution in [0, 0.1) is 13.8 Å². The second-order valence-electron chi connectivity index (χ2n) is 7.63. The van der Waals surface area contributed by atoms with Crippen LogP contribution in [0.15, 0.2) is 35.1 Å². The summed E-state index contributed by atoms with van der Waals surface area (Å²) < 4.78 is 18.5. The highest BCUT2D eigenvalue weighted by Gasteiger charge is 2.22. The van der Waals surface area contributed by atoms with Crippen molar-refractivity contribution >= 4 is 5.78 Å². The summed E-state index contributed by atoms with van der Waals surface area (Å²) in [5.41, 5.74) is 4.52. The van der Waals surface area contributed by atoms with E-state index in [1.54, 1.807) is 37.0 Å². The van der Waals surface area contributed by atoms with Crippen molar-refractivity contribution in [2.45, 2.75) is 33.7 Å². The fourth-order valence-electron chi connectivity index (χ4n) is 3.99. The molecule has 0 saturated carbocycles. The average Bonchev–Trinajstić information content (AvgIpc) is 2.74. The highest BCUT2D eigenvalue weighted by atomic mass is 16.5. The number of ether oxygens (including phenoxy) is 3. The van der Waals surface area contributed by atoms with Gasteiger partial charge in [0.05, 0.1) is 19.9 Å². The first-order valence-electron chi connectivity index (χ1n) is 9.99. The van der Waals surface area contributed by atoms with Gasteiger partial charge in [0.15, 0.2) is 17.3 Å². The topological polar surface area (TPSA) is 79.7 Å². The van der Waals surface area contributed by atoms with Crippen LogP contribution in [-0.2, 0) is 13.0 Å². The van der Waals surface area contributed by atoms with E-state index in [2.05, 4.69) is 4.98 Å². The Morgan fingerprint density at radius 1 is 1.00 bits per heavy atom. The molecule has 0 radical (unpaired) electrons. The van der Waals surface area contributed by atoms with Gasteiger partial charge in [0.1, 0.15) is 5.75 Å². The van der Waals surface area contributed by atoms with Gasteiger partial charge in [-0.1, -0.05) is 0 Å². The number of fused-ring (bicyclic) bond motifs is 3. The van der Waals surface area contributed by atoms with Gasteiger partial charge < -0.3 is 14.2 Å². The molecule has 7 nitrogen and oxygen atoms in total. The van der Waals surface area contributed by atoms with Gasteiger partial charge in [-0.15, -0.1) is 0 Å². The first kappa shape index (κ1) is 20.7. The van der Waals surface area contributed by atoms with Crippen LogP contribution in [0.3, 0.4) is 0 Å². The maximum absolute atomic E-state index is 12.7. The summed E-state index contributed by atoms with van der Waals surface area (Å²) in [5, 5.41) is 0. The first-order chi connectivity index (χ1) is 14.8. The van der Waals surface area contributed by atoms with E-state index in [4.69, 9.17) is 14.2 Å². The molecule has 1 aliphatic heterocycles. The number of carbonyl (C=O) groups is 1. The number of Topliss-reactive ketones (excluding diaryl/α,β-unsaturated/α-hetero) is 1. The Kier molecular flexibility index (Phi) is 5.27. The number of rotatable bonds is 5. The van der Waals surface area contributed by atoms with Gasteiger partial charge in [-0.05, 0) is 68.1 Å². The molecule has 2 heterocycles. The van der Waals surface area contributed by atoms with Crippen molar-refractivity contribution < 1.29 is 19.0 Å². The van der Waals surface area contributed by atoms with Gasteiger partial charge >= 0.3 is 5.69 Å². The van der Waals surface area contributed by atoms with Crippen LogP contribution in [0.5, 0.6) is 23.1 Å².